The first-order valence-corrected chi connectivity index (χ1v) is 12.2. The van der Waals surface area contributed by atoms with Crippen LogP contribution in [0.3, 0.4) is 0 Å². The minimum absolute atomic E-state index is 0.0389. The third kappa shape index (κ3) is 4.58. The molecule has 2 aromatic heterocycles. The Bertz CT molecular complexity index is 1320. The molecule has 8 heteroatoms. The largest absolute Gasteiger partial charge is 0.385 e. The smallest absolute Gasteiger partial charge is 0.219 e. The number of fused-ring (bicyclic) bond motifs is 1. The predicted octanol–water partition coefficient (Wildman–Crippen LogP) is 3.59. The van der Waals surface area contributed by atoms with E-state index in [4.69, 9.17) is 9.72 Å². The Kier molecular flexibility index (Phi) is 6.38. The summed E-state index contributed by atoms with van der Waals surface area (Å²) in [6, 6.07) is 6.41. The molecule has 3 aromatic rings. The number of pyridine rings is 1. The van der Waals surface area contributed by atoms with Crippen molar-refractivity contribution in [2.75, 3.05) is 26.3 Å². The monoisotopic (exact) mass is 472 g/mol. The molecule has 182 valence electrons. The molecule has 0 bridgehead atoms. The topological polar surface area (TPSA) is 96.1 Å². The summed E-state index contributed by atoms with van der Waals surface area (Å²) in [5.41, 5.74) is 6.19. The standard InChI is InChI=1S/C27H32N6O2/c1-17-21-5-4-6-22(23(21)14-29-27(17)19-13-30-32(3)15-19)26(28)24-16-33(18(2)34)10-7-25(24)31-20-8-11-35-12-9-20/h4-6,13-15,20,28,31H,7-12,16H2,1-3H3. The molecular formula is C27H32N6O2. The zero-order chi connectivity index (χ0) is 24.5. The van der Waals surface area contributed by atoms with Gasteiger partial charge in [-0.25, -0.2) is 0 Å². The molecule has 2 N–H and O–H groups in total. The molecule has 2 aliphatic heterocycles. The van der Waals surface area contributed by atoms with Crippen LogP contribution >= 0.6 is 0 Å². The van der Waals surface area contributed by atoms with E-state index < -0.39 is 0 Å². The van der Waals surface area contributed by atoms with E-state index in [1.807, 2.05) is 42.7 Å². The molecule has 0 spiro atoms. The van der Waals surface area contributed by atoms with Crippen LogP contribution in [0.4, 0.5) is 0 Å². The van der Waals surface area contributed by atoms with E-state index in [0.717, 1.165) is 76.9 Å². The van der Waals surface area contributed by atoms with E-state index in [1.54, 1.807) is 11.6 Å². The normalized spacial score (nSPS) is 17.2. The van der Waals surface area contributed by atoms with Gasteiger partial charge in [0, 0.05) is 92.9 Å². The molecular weight excluding hydrogens is 440 g/mol. The molecule has 1 saturated heterocycles. The van der Waals surface area contributed by atoms with Crippen molar-refractivity contribution in [3.63, 3.8) is 0 Å². The number of carbonyl (C=O) groups is 1. The molecule has 1 fully saturated rings. The first-order valence-electron chi connectivity index (χ1n) is 12.2. The van der Waals surface area contributed by atoms with Gasteiger partial charge in [0.1, 0.15) is 0 Å². The fourth-order valence-corrected chi connectivity index (χ4v) is 5.11. The summed E-state index contributed by atoms with van der Waals surface area (Å²) in [4.78, 5) is 18.8. The number of amides is 1. The zero-order valence-corrected chi connectivity index (χ0v) is 20.6. The Balaban J connectivity index is 1.55. The van der Waals surface area contributed by atoms with Crippen molar-refractivity contribution in [3.05, 3.63) is 59.2 Å². The SMILES string of the molecule is CC(=O)N1CCC(NC2CCOCC2)=C(C(=N)c2cccc3c(C)c(-c4cnn(C)c4)ncc23)C1. The van der Waals surface area contributed by atoms with Gasteiger partial charge in [-0.2, -0.15) is 5.10 Å². The summed E-state index contributed by atoms with van der Waals surface area (Å²) in [6.45, 7) is 6.29. The van der Waals surface area contributed by atoms with Gasteiger partial charge >= 0.3 is 0 Å². The Labute approximate surface area is 205 Å². The number of ether oxygens (including phenoxy) is 1. The number of rotatable bonds is 5. The first-order chi connectivity index (χ1) is 16.9. The minimum Gasteiger partial charge on any atom is -0.385 e. The highest BCUT2D eigenvalue weighted by Crippen LogP contribution is 2.31. The van der Waals surface area contributed by atoms with Crippen LogP contribution < -0.4 is 5.32 Å². The van der Waals surface area contributed by atoms with Gasteiger partial charge in [-0.15, -0.1) is 0 Å². The van der Waals surface area contributed by atoms with Crippen molar-refractivity contribution in [1.29, 1.82) is 5.41 Å². The van der Waals surface area contributed by atoms with Crippen molar-refractivity contribution in [3.8, 4) is 11.3 Å². The maximum absolute atomic E-state index is 12.2. The van der Waals surface area contributed by atoms with Crippen LogP contribution in [0.5, 0.6) is 0 Å². The fraction of sp³-hybridized carbons (Fsp3) is 0.407. The number of nitrogens with one attached hydrogen (secondary N) is 2. The molecule has 4 heterocycles. The van der Waals surface area contributed by atoms with Gasteiger partial charge in [0.2, 0.25) is 5.91 Å². The predicted molar refractivity (Wildman–Crippen MR) is 136 cm³/mol. The number of nitrogens with zero attached hydrogens (tertiary/aromatic N) is 4. The minimum atomic E-state index is 0.0389. The van der Waals surface area contributed by atoms with E-state index in [2.05, 4.69) is 23.4 Å². The molecule has 0 aliphatic carbocycles. The molecule has 0 unspecified atom stereocenters. The van der Waals surface area contributed by atoms with Crippen LogP contribution in [0.25, 0.3) is 22.0 Å². The van der Waals surface area contributed by atoms with E-state index in [1.165, 1.54) is 0 Å². The van der Waals surface area contributed by atoms with Crippen LogP contribution in [0.15, 0.2) is 48.1 Å². The van der Waals surface area contributed by atoms with Crippen LogP contribution in [0, 0.1) is 12.3 Å². The molecule has 8 nitrogen and oxygen atoms in total. The Morgan fingerprint density at radius 3 is 2.71 bits per heavy atom. The summed E-state index contributed by atoms with van der Waals surface area (Å²) in [6.07, 6.45) is 8.28. The van der Waals surface area contributed by atoms with Gasteiger partial charge in [-0.3, -0.25) is 19.9 Å². The zero-order valence-electron chi connectivity index (χ0n) is 20.6. The highest BCUT2D eigenvalue weighted by molar-refractivity contribution is 6.18. The summed E-state index contributed by atoms with van der Waals surface area (Å²) < 4.78 is 7.29. The highest BCUT2D eigenvalue weighted by Gasteiger charge is 2.27. The fourth-order valence-electron chi connectivity index (χ4n) is 5.11. The van der Waals surface area contributed by atoms with Gasteiger partial charge in [0.25, 0.3) is 0 Å². The second kappa shape index (κ2) is 9.62. The maximum atomic E-state index is 12.2. The average Bonchev–Trinajstić information content (AvgIpc) is 3.30. The van der Waals surface area contributed by atoms with Crippen LogP contribution in [0.1, 0.15) is 37.3 Å². The van der Waals surface area contributed by atoms with Crippen molar-refractivity contribution >= 4 is 22.4 Å². The van der Waals surface area contributed by atoms with E-state index in [0.29, 0.717) is 24.8 Å². The molecule has 0 atom stereocenters. The summed E-state index contributed by atoms with van der Waals surface area (Å²) >= 11 is 0. The molecule has 1 aromatic carbocycles. The van der Waals surface area contributed by atoms with Crippen LogP contribution in [-0.2, 0) is 16.6 Å². The lowest BCUT2D eigenvalue weighted by Crippen LogP contribution is -2.43. The maximum Gasteiger partial charge on any atom is 0.219 e. The molecule has 5 rings (SSSR count). The van der Waals surface area contributed by atoms with E-state index in [9.17, 15) is 10.2 Å². The lowest BCUT2D eigenvalue weighted by Gasteiger charge is -2.34. The third-order valence-electron chi connectivity index (χ3n) is 7.13. The Morgan fingerprint density at radius 1 is 1.20 bits per heavy atom. The number of aryl methyl sites for hydroxylation is 2. The van der Waals surface area contributed by atoms with Gasteiger partial charge < -0.3 is 15.0 Å². The molecule has 0 radical (unpaired) electrons. The summed E-state index contributed by atoms with van der Waals surface area (Å²) in [7, 11) is 1.90. The second-order valence-corrected chi connectivity index (χ2v) is 9.45. The highest BCUT2D eigenvalue weighted by atomic mass is 16.5. The van der Waals surface area contributed by atoms with Crippen molar-refractivity contribution in [2.24, 2.45) is 7.05 Å². The van der Waals surface area contributed by atoms with Crippen molar-refractivity contribution in [1.82, 2.24) is 25.0 Å². The molecule has 35 heavy (non-hydrogen) atoms. The van der Waals surface area contributed by atoms with Crippen LogP contribution in [-0.4, -0.2) is 63.6 Å². The van der Waals surface area contributed by atoms with Gasteiger partial charge in [0.15, 0.2) is 0 Å². The van der Waals surface area contributed by atoms with Gasteiger partial charge in [-0.1, -0.05) is 18.2 Å². The molecule has 1 amide bonds. The number of hydrogen-bond acceptors (Lipinski definition) is 6. The number of carbonyl (C=O) groups excluding carboxylic acids is 1. The lowest BCUT2D eigenvalue weighted by atomic mass is 9.91. The summed E-state index contributed by atoms with van der Waals surface area (Å²) in [5, 5.41) is 19.3. The van der Waals surface area contributed by atoms with Gasteiger partial charge in [-0.05, 0) is 30.7 Å². The third-order valence-corrected chi connectivity index (χ3v) is 7.13. The van der Waals surface area contributed by atoms with E-state index >= 15 is 0 Å². The van der Waals surface area contributed by atoms with Gasteiger partial charge in [0.05, 0.1) is 17.6 Å². The molecule has 2 aliphatic rings. The number of aromatic nitrogens is 3. The average molecular weight is 473 g/mol. The summed E-state index contributed by atoms with van der Waals surface area (Å²) in [5.74, 6) is 0.0389. The van der Waals surface area contributed by atoms with Crippen LogP contribution in [0.2, 0.25) is 0 Å². The number of benzene rings is 1. The van der Waals surface area contributed by atoms with E-state index in [-0.39, 0.29) is 5.91 Å². The second-order valence-electron chi connectivity index (χ2n) is 9.45. The van der Waals surface area contributed by atoms with Crippen molar-refractivity contribution < 1.29 is 9.53 Å². The Hall–Kier alpha value is -3.52. The number of hydrogen-bond donors (Lipinski definition) is 2. The quantitative estimate of drug-likeness (QED) is 0.554. The Morgan fingerprint density at radius 2 is 2.00 bits per heavy atom. The van der Waals surface area contributed by atoms with Crippen molar-refractivity contribution in [2.45, 2.75) is 39.2 Å². The lowest BCUT2D eigenvalue weighted by molar-refractivity contribution is -0.128. The first kappa shape index (κ1) is 23.2. The molecule has 0 saturated carbocycles.